The summed E-state index contributed by atoms with van der Waals surface area (Å²) in [7, 11) is 0. The molecular weight excluding hydrogens is 319 g/mol. The van der Waals surface area contributed by atoms with E-state index in [-0.39, 0.29) is 4.88 Å². The van der Waals surface area contributed by atoms with Crippen LogP contribution in [0.3, 0.4) is 0 Å². The van der Waals surface area contributed by atoms with Crippen molar-refractivity contribution in [3.8, 4) is 0 Å². The highest BCUT2D eigenvalue weighted by molar-refractivity contribution is 14.1. The molecule has 0 saturated carbocycles. The predicted molar refractivity (Wildman–Crippen MR) is 63.9 cm³/mol. The zero-order chi connectivity index (χ0) is 10.3. The fourth-order valence-electron chi connectivity index (χ4n) is 1.24. The molecule has 2 aromatic rings. The third kappa shape index (κ3) is 1.70. The van der Waals surface area contributed by atoms with E-state index in [9.17, 15) is 8.78 Å². The number of anilines is 1. The van der Waals surface area contributed by atoms with E-state index in [0.717, 1.165) is 25.0 Å². The van der Waals surface area contributed by atoms with Gasteiger partial charge in [0, 0.05) is 19.3 Å². The van der Waals surface area contributed by atoms with E-state index < -0.39 is 6.43 Å². The summed E-state index contributed by atoms with van der Waals surface area (Å²) < 4.78 is 26.6. The molecule has 1 aromatic carbocycles. The van der Waals surface area contributed by atoms with Crippen molar-refractivity contribution in [2.24, 2.45) is 0 Å². The van der Waals surface area contributed by atoms with Gasteiger partial charge in [0.1, 0.15) is 0 Å². The quantitative estimate of drug-likeness (QED) is 0.622. The number of benzene rings is 1. The second-order valence-corrected chi connectivity index (χ2v) is 5.14. The molecular formula is C9H6F2INS. The van der Waals surface area contributed by atoms with Gasteiger partial charge in [-0.2, -0.15) is 0 Å². The van der Waals surface area contributed by atoms with Crippen molar-refractivity contribution >= 4 is 49.7 Å². The third-order valence-corrected chi connectivity index (χ3v) is 3.83. The average Bonchev–Trinajstić information content (AvgIpc) is 2.47. The maximum Gasteiger partial charge on any atom is 0.272 e. The molecule has 0 atom stereocenters. The van der Waals surface area contributed by atoms with Crippen molar-refractivity contribution < 1.29 is 8.78 Å². The minimum atomic E-state index is -2.40. The first kappa shape index (κ1) is 10.1. The topological polar surface area (TPSA) is 26.0 Å². The summed E-state index contributed by atoms with van der Waals surface area (Å²) in [6.45, 7) is 0. The Bertz CT molecular complexity index is 481. The molecule has 0 aliphatic heterocycles. The van der Waals surface area contributed by atoms with Crippen molar-refractivity contribution in [1.29, 1.82) is 0 Å². The number of halogens is 3. The number of alkyl halides is 2. The first-order valence-corrected chi connectivity index (χ1v) is 5.74. The van der Waals surface area contributed by atoms with E-state index in [2.05, 4.69) is 22.6 Å². The molecule has 0 amide bonds. The number of fused-ring (bicyclic) bond motifs is 1. The van der Waals surface area contributed by atoms with Gasteiger partial charge in [0.15, 0.2) is 0 Å². The van der Waals surface area contributed by atoms with E-state index in [1.54, 1.807) is 12.1 Å². The van der Waals surface area contributed by atoms with E-state index in [1.165, 1.54) is 6.07 Å². The highest BCUT2D eigenvalue weighted by Gasteiger charge is 2.13. The molecule has 0 aliphatic rings. The molecule has 0 saturated heterocycles. The molecule has 1 nitrogen and oxygen atoms in total. The van der Waals surface area contributed by atoms with Crippen LogP contribution in [0.2, 0.25) is 0 Å². The van der Waals surface area contributed by atoms with E-state index in [1.807, 2.05) is 0 Å². The van der Waals surface area contributed by atoms with Crippen LogP contribution in [0.15, 0.2) is 18.2 Å². The minimum Gasteiger partial charge on any atom is -0.399 e. The van der Waals surface area contributed by atoms with Crippen LogP contribution in [0.1, 0.15) is 11.3 Å². The Kier molecular flexibility index (Phi) is 2.61. The maximum atomic E-state index is 12.4. The molecule has 1 aromatic heterocycles. The average molecular weight is 325 g/mol. The van der Waals surface area contributed by atoms with Crippen LogP contribution in [-0.2, 0) is 0 Å². The van der Waals surface area contributed by atoms with Crippen molar-refractivity contribution in [2.45, 2.75) is 6.43 Å². The second kappa shape index (κ2) is 3.62. The van der Waals surface area contributed by atoms with Crippen LogP contribution < -0.4 is 5.73 Å². The van der Waals surface area contributed by atoms with Crippen LogP contribution in [0, 0.1) is 3.57 Å². The van der Waals surface area contributed by atoms with Gasteiger partial charge in [0.25, 0.3) is 6.43 Å². The Balaban J connectivity index is 2.70. The Morgan fingerprint density at radius 2 is 2.00 bits per heavy atom. The fraction of sp³-hybridized carbons (Fsp3) is 0.111. The van der Waals surface area contributed by atoms with Gasteiger partial charge in [-0.25, -0.2) is 8.78 Å². The van der Waals surface area contributed by atoms with Crippen LogP contribution in [-0.4, -0.2) is 0 Å². The molecule has 2 rings (SSSR count). The Hall–Kier alpha value is -0.430. The van der Waals surface area contributed by atoms with Crippen molar-refractivity contribution in [3.63, 3.8) is 0 Å². The molecule has 1 heterocycles. The summed E-state index contributed by atoms with van der Waals surface area (Å²) in [6, 6.07) is 5.05. The summed E-state index contributed by atoms with van der Waals surface area (Å²) in [4.78, 5) is 0.100. The largest absolute Gasteiger partial charge is 0.399 e. The van der Waals surface area contributed by atoms with Crippen LogP contribution in [0.5, 0.6) is 0 Å². The Morgan fingerprint density at radius 3 is 2.64 bits per heavy atom. The van der Waals surface area contributed by atoms with Gasteiger partial charge in [0.05, 0.1) is 4.88 Å². The van der Waals surface area contributed by atoms with Crippen molar-refractivity contribution in [3.05, 3.63) is 26.6 Å². The minimum absolute atomic E-state index is 0.100. The zero-order valence-electron chi connectivity index (χ0n) is 6.93. The molecule has 0 unspecified atom stereocenters. The van der Waals surface area contributed by atoms with E-state index >= 15 is 0 Å². The number of hydrogen-bond acceptors (Lipinski definition) is 2. The zero-order valence-corrected chi connectivity index (χ0v) is 9.90. The number of rotatable bonds is 1. The smallest absolute Gasteiger partial charge is 0.272 e. The van der Waals surface area contributed by atoms with Crippen LogP contribution in [0.4, 0.5) is 14.5 Å². The molecule has 74 valence electrons. The molecule has 0 fully saturated rings. The lowest BCUT2D eigenvalue weighted by Gasteiger charge is -1.95. The number of nitrogens with two attached hydrogens (primary N) is 1. The SMILES string of the molecule is Nc1cc(I)c2cc(C(F)F)sc2c1. The summed E-state index contributed by atoms with van der Waals surface area (Å²) in [5.74, 6) is 0. The Morgan fingerprint density at radius 1 is 1.29 bits per heavy atom. The number of nitrogen functional groups attached to an aromatic ring is 1. The standard InChI is InChI=1S/C9H6F2INS/c10-9(11)8-3-5-6(12)1-4(13)2-7(5)14-8/h1-3,9H,13H2. The second-order valence-electron chi connectivity index (χ2n) is 2.86. The lowest BCUT2D eigenvalue weighted by molar-refractivity contribution is 0.156. The van der Waals surface area contributed by atoms with Gasteiger partial charge in [-0.3, -0.25) is 0 Å². The monoisotopic (exact) mass is 325 g/mol. The van der Waals surface area contributed by atoms with Gasteiger partial charge >= 0.3 is 0 Å². The molecule has 0 bridgehead atoms. The first-order chi connectivity index (χ1) is 6.58. The normalized spacial score (nSPS) is 11.4. The van der Waals surface area contributed by atoms with Gasteiger partial charge < -0.3 is 5.73 Å². The van der Waals surface area contributed by atoms with Crippen LogP contribution in [0.25, 0.3) is 10.1 Å². The molecule has 5 heteroatoms. The van der Waals surface area contributed by atoms with E-state index in [4.69, 9.17) is 5.73 Å². The summed E-state index contributed by atoms with van der Waals surface area (Å²) in [5.41, 5.74) is 6.24. The third-order valence-electron chi connectivity index (χ3n) is 1.84. The van der Waals surface area contributed by atoms with Crippen molar-refractivity contribution in [1.82, 2.24) is 0 Å². The predicted octanol–water partition coefficient (Wildman–Crippen LogP) is 4.03. The highest BCUT2D eigenvalue weighted by atomic mass is 127. The summed E-state index contributed by atoms with van der Waals surface area (Å²) in [5, 5.41) is 0.861. The number of hydrogen-bond donors (Lipinski definition) is 1. The van der Waals surface area contributed by atoms with Gasteiger partial charge in [-0.1, -0.05) is 0 Å². The summed E-state index contributed by atoms with van der Waals surface area (Å²) >= 11 is 3.20. The molecule has 0 aliphatic carbocycles. The highest BCUT2D eigenvalue weighted by Crippen LogP contribution is 2.35. The Labute approximate surface area is 97.1 Å². The van der Waals surface area contributed by atoms with Gasteiger partial charge in [0.2, 0.25) is 0 Å². The fourth-order valence-corrected chi connectivity index (χ4v) is 3.23. The lowest BCUT2D eigenvalue weighted by Crippen LogP contribution is -1.84. The van der Waals surface area contributed by atoms with Gasteiger partial charge in [-0.05, 0) is 40.8 Å². The maximum absolute atomic E-state index is 12.4. The molecule has 14 heavy (non-hydrogen) atoms. The van der Waals surface area contributed by atoms with Gasteiger partial charge in [-0.15, -0.1) is 11.3 Å². The lowest BCUT2D eigenvalue weighted by atomic mass is 10.2. The van der Waals surface area contributed by atoms with Crippen LogP contribution >= 0.6 is 33.9 Å². The summed E-state index contributed by atoms with van der Waals surface area (Å²) in [6.07, 6.45) is -2.40. The molecule has 0 radical (unpaired) electrons. The number of thiophene rings is 1. The van der Waals surface area contributed by atoms with Crippen molar-refractivity contribution in [2.75, 3.05) is 5.73 Å². The van der Waals surface area contributed by atoms with E-state index in [0.29, 0.717) is 5.69 Å². The molecule has 2 N–H and O–H groups in total. The first-order valence-electron chi connectivity index (χ1n) is 3.84. The molecule has 0 spiro atoms.